The molecule has 0 atom stereocenters. The average molecular weight is 394 g/mol. The predicted molar refractivity (Wildman–Crippen MR) is 110 cm³/mol. The van der Waals surface area contributed by atoms with Crippen molar-refractivity contribution in [3.05, 3.63) is 101 Å². The van der Waals surface area contributed by atoms with Crippen LogP contribution >= 0.6 is 11.6 Å². The minimum Gasteiger partial charge on any atom is -0.455 e. The van der Waals surface area contributed by atoms with Gasteiger partial charge < -0.3 is 10.1 Å². The number of para-hydroxylation sites is 1. The molecule has 3 aromatic rings. The quantitative estimate of drug-likeness (QED) is 0.594. The third-order valence-electron chi connectivity index (χ3n) is 4.19. The maximum absolute atomic E-state index is 12.2. The summed E-state index contributed by atoms with van der Waals surface area (Å²) in [6.07, 6.45) is 0.723. The normalized spacial score (nSPS) is 10.3. The summed E-state index contributed by atoms with van der Waals surface area (Å²) in [6.45, 7) is -0.344. The largest absolute Gasteiger partial charge is 0.455 e. The first-order valence-electron chi connectivity index (χ1n) is 8.92. The van der Waals surface area contributed by atoms with Crippen LogP contribution in [0.2, 0.25) is 5.02 Å². The number of carbonyl (C=O) groups is 2. The van der Waals surface area contributed by atoms with Crippen LogP contribution in [0.5, 0.6) is 0 Å². The number of esters is 1. The Morgan fingerprint density at radius 2 is 1.46 bits per heavy atom. The fourth-order valence-corrected chi connectivity index (χ4v) is 3.00. The van der Waals surface area contributed by atoms with Gasteiger partial charge in [-0.3, -0.25) is 9.59 Å². The number of benzene rings is 3. The van der Waals surface area contributed by atoms with E-state index in [4.69, 9.17) is 16.3 Å². The van der Waals surface area contributed by atoms with Crippen molar-refractivity contribution in [3.63, 3.8) is 0 Å². The third-order valence-corrected chi connectivity index (χ3v) is 4.55. The van der Waals surface area contributed by atoms with Gasteiger partial charge in [0.05, 0.1) is 6.42 Å². The lowest BCUT2D eigenvalue weighted by atomic mass is 10.0. The van der Waals surface area contributed by atoms with Crippen LogP contribution in [-0.2, 0) is 27.2 Å². The Labute approximate surface area is 169 Å². The summed E-state index contributed by atoms with van der Waals surface area (Å²) >= 11 is 6.04. The molecule has 0 radical (unpaired) electrons. The van der Waals surface area contributed by atoms with E-state index in [2.05, 4.69) is 5.32 Å². The van der Waals surface area contributed by atoms with Gasteiger partial charge in [0.25, 0.3) is 5.91 Å². The molecule has 0 aromatic heterocycles. The number of hydrogen-bond acceptors (Lipinski definition) is 3. The first-order valence-corrected chi connectivity index (χ1v) is 9.30. The number of halogens is 1. The molecular weight excluding hydrogens is 374 g/mol. The van der Waals surface area contributed by atoms with E-state index >= 15 is 0 Å². The van der Waals surface area contributed by atoms with Crippen LogP contribution < -0.4 is 5.32 Å². The molecular formula is C23H20ClNO3. The zero-order valence-corrected chi connectivity index (χ0v) is 16.0. The maximum atomic E-state index is 12.2. The number of rotatable bonds is 7. The lowest BCUT2D eigenvalue weighted by molar-refractivity contribution is -0.146. The first kappa shape index (κ1) is 19.6. The zero-order valence-electron chi connectivity index (χ0n) is 15.2. The Kier molecular flexibility index (Phi) is 6.82. The van der Waals surface area contributed by atoms with Gasteiger partial charge in [0.15, 0.2) is 6.61 Å². The Morgan fingerprint density at radius 3 is 2.21 bits per heavy atom. The number of hydrogen-bond donors (Lipinski definition) is 1. The van der Waals surface area contributed by atoms with Crippen LogP contribution in [0.4, 0.5) is 5.69 Å². The number of anilines is 1. The fraction of sp³-hybridized carbons (Fsp3) is 0.130. The van der Waals surface area contributed by atoms with E-state index in [1.165, 1.54) is 0 Å². The minimum atomic E-state index is -0.499. The molecule has 0 saturated carbocycles. The highest BCUT2D eigenvalue weighted by Gasteiger charge is 2.12. The van der Waals surface area contributed by atoms with Crippen molar-refractivity contribution in [2.45, 2.75) is 12.8 Å². The molecule has 0 unspecified atom stereocenters. The van der Waals surface area contributed by atoms with Gasteiger partial charge in [-0.05, 0) is 35.2 Å². The molecule has 0 heterocycles. The summed E-state index contributed by atoms with van der Waals surface area (Å²) in [6, 6.07) is 24.6. The van der Waals surface area contributed by atoms with Crippen LogP contribution in [0.3, 0.4) is 0 Å². The molecule has 0 spiro atoms. The summed E-state index contributed by atoms with van der Waals surface area (Å²) in [7, 11) is 0. The second-order valence-electron chi connectivity index (χ2n) is 6.30. The molecule has 3 aromatic carbocycles. The standard InChI is InChI=1S/C23H20ClNO3/c24-20-12-6-4-10-18(20)15-23(27)28-16-22(26)25-21-13-7-5-11-19(21)14-17-8-2-1-3-9-17/h1-13H,14-16H2,(H,25,26). The van der Waals surface area contributed by atoms with E-state index in [1.807, 2.05) is 54.6 Å². The third kappa shape index (κ3) is 5.69. The maximum Gasteiger partial charge on any atom is 0.310 e. The summed E-state index contributed by atoms with van der Waals surface area (Å²) < 4.78 is 5.08. The van der Waals surface area contributed by atoms with Gasteiger partial charge >= 0.3 is 5.97 Å². The van der Waals surface area contributed by atoms with Crippen molar-refractivity contribution in [2.75, 3.05) is 11.9 Å². The number of nitrogens with one attached hydrogen (secondary N) is 1. The van der Waals surface area contributed by atoms with Crippen LogP contribution in [0.1, 0.15) is 16.7 Å². The van der Waals surface area contributed by atoms with Crippen molar-refractivity contribution in [3.8, 4) is 0 Å². The molecule has 1 amide bonds. The highest BCUT2D eigenvalue weighted by molar-refractivity contribution is 6.31. The molecule has 0 fully saturated rings. The van der Waals surface area contributed by atoms with Crippen LogP contribution in [-0.4, -0.2) is 18.5 Å². The van der Waals surface area contributed by atoms with Gasteiger partial charge in [0.2, 0.25) is 0 Å². The number of ether oxygens (including phenoxy) is 1. The van der Waals surface area contributed by atoms with Gasteiger partial charge in [-0.2, -0.15) is 0 Å². The van der Waals surface area contributed by atoms with Crippen molar-refractivity contribution in [1.29, 1.82) is 0 Å². The van der Waals surface area contributed by atoms with Gasteiger partial charge in [-0.1, -0.05) is 78.3 Å². The molecule has 0 aliphatic carbocycles. The van der Waals surface area contributed by atoms with Gasteiger partial charge in [0, 0.05) is 10.7 Å². The summed E-state index contributed by atoms with van der Waals surface area (Å²) in [4.78, 5) is 24.2. The molecule has 5 heteroatoms. The Hall–Kier alpha value is -3.11. The van der Waals surface area contributed by atoms with E-state index in [9.17, 15) is 9.59 Å². The summed E-state index contributed by atoms with van der Waals surface area (Å²) in [5, 5.41) is 3.32. The summed E-state index contributed by atoms with van der Waals surface area (Å²) in [5.74, 6) is -0.881. The average Bonchev–Trinajstić information content (AvgIpc) is 2.70. The van der Waals surface area contributed by atoms with Crippen LogP contribution in [0.15, 0.2) is 78.9 Å². The van der Waals surface area contributed by atoms with E-state index in [-0.39, 0.29) is 18.9 Å². The van der Waals surface area contributed by atoms with Crippen molar-refractivity contribution in [2.24, 2.45) is 0 Å². The Morgan fingerprint density at radius 1 is 0.821 bits per heavy atom. The molecule has 0 aliphatic rings. The molecule has 3 rings (SSSR count). The highest BCUT2D eigenvalue weighted by Crippen LogP contribution is 2.19. The van der Waals surface area contributed by atoms with Gasteiger partial charge in [0.1, 0.15) is 0 Å². The second kappa shape index (κ2) is 9.72. The topological polar surface area (TPSA) is 55.4 Å². The molecule has 0 saturated heterocycles. The highest BCUT2D eigenvalue weighted by atomic mass is 35.5. The van der Waals surface area contributed by atoms with Crippen LogP contribution in [0, 0.1) is 0 Å². The molecule has 4 nitrogen and oxygen atoms in total. The number of carbonyl (C=O) groups excluding carboxylic acids is 2. The van der Waals surface area contributed by atoms with Crippen molar-refractivity contribution >= 4 is 29.2 Å². The monoisotopic (exact) mass is 393 g/mol. The van der Waals surface area contributed by atoms with E-state index in [0.717, 1.165) is 11.1 Å². The Bertz CT molecular complexity index is 957. The first-order chi connectivity index (χ1) is 13.6. The van der Waals surface area contributed by atoms with Gasteiger partial charge in [-0.25, -0.2) is 0 Å². The lowest BCUT2D eigenvalue weighted by Gasteiger charge is -2.12. The molecule has 0 bridgehead atoms. The van der Waals surface area contributed by atoms with Crippen molar-refractivity contribution < 1.29 is 14.3 Å². The fourth-order valence-electron chi connectivity index (χ4n) is 2.79. The minimum absolute atomic E-state index is 0.0253. The molecule has 1 N–H and O–H groups in total. The summed E-state index contributed by atoms with van der Waals surface area (Å²) in [5.41, 5.74) is 3.51. The lowest BCUT2D eigenvalue weighted by Crippen LogP contribution is -2.22. The molecule has 28 heavy (non-hydrogen) atoms. The molecule has 142 valence electrons. The van der Waals surface area contributed by atoms with Gasteiger partial charge in [-0.15, -0.1) is 0 Å². The number of amides is 1. The molecule has 0 aliphatic heterocycles. The second-order valence-corrected chi connectivity index (χ2v) is 6.70. The van der Waals surface area contributed by atoms with E-state index in [0.29, 0.717) is 22.7 Å². The van der Waals surface area contributed by atoms with Crippen molar-refractivity contribution in [1.82, 2.24) is 0 Å². The van der Waals surface area contributed by atoms with Crippen LogP contribution in [0.25, 0.3) is 0 Å². The smallest absolute Gasteiger partial charge is 0.310 e. The predicted octanol–water partition coefficient (Wildman–Crippen LogP) is 4.66. The Balaban J connectivity index is 1.55. The van der Waals surface area contributed by atoms with E-state index in [1.54, 1.807) is 24.3 Å². The SMILES string of the molecule is O=C(COC(=O)Cc1ccccc1Cl)Nc1ccccc1Cc1ccccc1. The van der Waals surface area contributed by atoms with E-state index < -0.39 is 5.97 Å². The zero-order chi connectivity index (χ0) is 19.8.